The Morgan fingerprint density at radius 2 is 2.12 bits per heavy atom. The number of carboxylic acid groups (broad SMARTS) is 1. The average molecular weight is 331 g/mol. The molecule has 1 aromatic heterocycles. The summed E-state index contributed by atoms with van der Waals surface area (Å²) in [5.41, 5.74) is 1.35. The molecule has 1 aromatic carbocycles. The van der Waals surface area contributed by atoms with Gasteiger partial charge in [0.1, 0.15) is 12.1 Å². The molecular formula is C17H14FNO5. The third-order valence-corrected chi connectivity index (χ3v) is 3.90. The van der Waals surface area contributed by atoms with Crippen molar-refractivity contribution < 1.29 is 28.6 Å². The number of nitrogens with zero attached hydrogens (tertiary/aromatic N) is 1. The summed E-state index contributed by atoms with van der Waals surface area (Å²) >= 11 is 0. The summed E-state index contributed by atoms with van der Waals surface area (Å²) in [5.74, 6) is -2.14. The summed E-state index contributed by atoms with van der Waals surface area (Å²) in [6.45, 7) is 3.28. The van der Waals surface area contributed by atoms with E-state index in [1.54, 1.807) is 19.9 Å². The van der Waals surface area contributed by atoms with Gasteiger partial charge < -0.3 is 19.1 Å². The highest BCUT2D eigenvalue weighted by Gasteiger charge is 2.29. The second-order valence-electron chi connectivity index (χ2n) is 5.38. The first-order valence-corrected chi connectivity index (χ1v) is 7.12. The van der Waals surface area contributed by atoms with Crippen molar-refractivity contribution in [2.75, 3.05) is 0 Å². The molecule has 0 spiro atoms. The molecular weight excluding hydrogens is 317 g/mol. The number of carboxylic acids is 1. The number of esters is 1. The first-order valence-electron chi connectivity index (χ1n) is 7.12. The summed E-state index contributed by atoms with van der Waals surface area (Å²) in [6, 6.07) is 5.63. The van der Waals surface area contributed by atoms with Gasteiger partial charge in [-0.15, -0.1) is 0 Å². The molecule has 0 amide bonds. The van der Waals surface area contributed by atoms with Gasteiger partial charge in [-0.1, -0.05) is 0 Å². The number of cyclic esters (lactones) is 1. The van der Waals surface area contributed by atoms with Crippen LogP contribution in [0, 0.1) is 5.82 Å². The molecule has 3 rings (SSSR count). The topological polar surface area (TPSA) is 77.8 Å². The lowest BCUT2D eigenvalue weighted by atomic mass is 10.2. The van der Waals surface area contributed by atoms with E-state index < -0.39 is 24.0 Å². The molecule has 6 nitrogen and oxygen atoms in total. The van der Waals surface area contributed by atoms with Crippen LogP contribution in [0.3, 0.4) is 0 Å². The molecule has 0 radical (unpaired) electrons. The first kappa shape index (κ1) is 15.8. The van der Waals surface area contributed by atoms with Crippen LogP contribution in [0.1, 0.15) is 13.8 Å². The van der Waals surface area contributed by atoms with E-state index in [0.717, 1.165) is 6.26 Å². The van der Waals surface area contributed by atoms with Crippen LogP contribution in [0.15, 0.2) is 47.9 Å². The van der Waals surface area contributed by atoms with Crippen LogP contribution in [0.25, 0.3) is 16.6 Å². The molecule has 1 N–H and O–H groups in total. The van der Waals surface area contributed by atoms with Crippen molar-refractivity contribution in [2.45, 2.75) is 20.1 Å². The standard InChI is InChI=1S/C17H14FNO5/c1-9-10(2)17(24-16(9)22)23-8-14(15(20)21)19-6-5-11-7-12(18)3-4-13(11)19/h3-8,17H,1-2H3,(H,20,21)/b14-8-. The third-order valence-electron chi connectivity index (χ3n) is 3.90. The van der Waals surface area contributed by atoms with Gasteiger partial charge in [0, 0.05) is 22.7 Å². The summed E-state index contributed by atoms with van der Waals surface area (Å²) in [7, 11) is 0. The van der Waals surface area contributed by atoms with Crippen LogP contribution in [-0.2, 0) is 19.1 Å². The number of hydrogen-bond acceptors (Lipinski definition) is 4. The van der Waals surface area contributed by atoms with Gasteiger partial charge in [-0.25, -0.2) is 14.0 Å². The normalized spacial score (nSPS) is 18.2. The molecule has 2 aromatic rings. The average Bonchev–Trinajstić information content (AvgIpc) is 3.04. The lowest BCUT2D eigenvalue weighted by Gasteiger charge is -2.13. The van der Waals surface area contributed by atoms with Crippen LogP contribution in [0.4, 0.5) is 4.39 Å². The van der Waals surface area contributed by atoms with Crippen LogP contribution < -0.4 is 0 Å². The fourth-order valence-corrected chi connectivity index (χ4v) is 2.40. The Labute approximate surface area is 136 Å². The van der Waals surface area contributed by atoms with Gasteiger partial charge in [-0.3, -0.25) is 0 Å². The van der Waals surface area contributed by atoms with E-state index in [0.29, 0.717) is 22.0 Å². The van der Waals surface area contributed by atoms with Crippen molar-refractivity contribution in [3.05, 3.63) is 53.7 Å². The molecule has 1 unspecified atom stereocenters. The molecule has 0 saturated heterocycles. The van der Waals surface area contributed by atoms with Gasteiger partial charge in [0.15, 0.2) is 5.70 Å². The zero-order chi connectivity index (χ0) is 17.4. The Morgan fingerprint density at radius 1 is 1.38 bits per heavy atom. The van der Waals surface area contributed by atoms with E-state index in [1.165, 1.54) is 29.0 Å². The maximum Gasteiger partial charge on any atom is 0.356 e. The lowest BCUT2D eigenvalue weighted by Crippen LogP contribution is -2.14. The molecule has 0 aliphatic carbocycles. The Hall–Kier alpha value is -3.09. The molecule has 7 heteroatoms. The van der Waals surface area contributed by atoms with Crippen molar-refractivity contribution in [2.24, 2.45) is 0 Å². The number of aliphatic carboxylic acids is 1. The first-order chi connectivity index (χ1) is 11.4. The quantitative estimate of drug-likeness (QED) is 0.529. The third kappa shape index (κ3) is 2.64. The highest BCUT2D eigenvalue weighted by molar-refractivity contribution is 6.10. The maximum absolute atomic E-state index is 13.3. The van der Waals surface area contributed by atoms with Crippen LogP contribution in [0.2, 0.25) is 0 Å². The number of hydrogen-bond donors (Lipinski definition) is 1. The summed E-state index contributed by atoms with van der Waals surface area (Å²) in [6.07, 6.45) is 1.57. The van der Waals surface area contributed by atoms with E-state index in [-0.39, 0.29) is 5.70 Å². The van der Waals surface area contributed by atoms with Gasteiger partial charge in [-0.2, -0.15) is 0 Å². The van der Waals surface area contributed by atoms with E-state index in [2.05, 4.69) is 0 Å². The highest BCUT2D eigenvalue weighted by Crippen LogP contribution is 2.25. The molecule has 0 saturated carbocycles. The molecule has 1 atom stereocenters. The smallest absolute Gasteiger partial charge is 0.356 e. The molecule has 124 valence electrons. The predicted molar refractivity (Wildman–Crippen MR) is 83.1 cm³/mol. The Bertz CT molecular complexity index is 909. The van der Waals surface area contributed by atoms with Gasteiger partial charge in [0.25, 0.3) is 6.29 Å². The molecule has 24 heavy (non-hydrogen) atoms. The Balaban J connectivity index is 1.95. The van der Waals surface area contributed by atoms with Crippen molar-refractivity contribution in [1.29, 1.82) is 0 Å². The minimum Gasteiger partial charge on any atom is -0.476 e. The number of carbonyl (C=O) groups is 2. The number of fused-ring (bicyclic) bond motifs is 1. The van der Waals surface area contributed by atoms with Crippen molar-refractivity contribution in [3.8, 4) is 0 Å². The number of rotatable bonds is 4. The van der Waals surface area contributed by atoms with E-state index >= 15 is 0 Å². The largest absolute Gasteiger partial charge is 0.476 e. The summed E-state index contributed by atoms with van der Waals surface area (Å²) in [5, 5.41) is 10.00. The maximum atomic E-state index is 13.3. The second kappa shape index (κ2) is 5.84. The molecule has 1 aliphatic rings. The SMILES string of the molecule is CC1=C(C)C(O/C=C(/C(=O)O)n2ccc3cc(F)ccc32)OC1=O. The van der Waals surface area contributed by atoms with Crippen molar-refractivity contribution >= 4 is 28.5 Å². The van der Waals surface area contributed by atoms with Crippen molar-refractivity contribution in [1.82, 2.24) is 4.57 Å². The number of benzene rings is 1. The molecule has 0 fully saturated rings. The fourth-order valence-electron chi connectivity index (χ4n) is 2.40. The summed E-state index contributed by atoms with van der Waals surface area (Å²) in [4.78, 5) is 23.0. The number of aromatic nitrogens is 1. The number of carbonyl (C=O) groups excluding carboxylic acids is 1. The van der Waals surface area contributed by atoms with Gasteiger partial charge >= 0.3 is 11.9 Å². The zero-order valence-electron chi connectivity index (χ0n) is 12.9. The minimum atomic E-state index is -1.24. The van der Waals surface area contributed by atoms with E-state index in [1.807, 2.05) is 0 Å². The van der Waals surface area contributed by atoms with Crippen LogP contribution in [-0.4, -0.2) is 27.9 Å². The fraction of sp³-hybridized carbons (Fsp3) is 0.176. The minimum absolute atomic E-state index is 0.190. The Kier molecular flexibility index (Phi) is 3.84. The monoisotopic (exact) mass is 331 g/mol. The summed E-state index contributed by atoms with van der Waals surface area (Å²) < 4.78 is 25.0. The highest BCUT2D eigenvalue weighted by atomic mass is 19.1. The van der Waals surface area contributed by atoms with Gasteiger partial charge in [-0.05, 0) is 38.1 Å². The lowest BCUT2D eigenvalue weighted by molar-refractivity contribution is -0.152. The molecule has 0 bridgehead atoms. The van der Waals surface area contributed by atoms with E-state index in [9.17, 15) is 19.1 Å². The van der Waals surface area contributed by atoms with E-state index in [4.69, 9.17) is 9.47 Å². The van der Waals surface area contributed by atoms with Gasteiger partial charge in [0.2, 0.25) is 0 Å². The van der Waals surface area contributed by atoms with Crippen LogP contribution >= 0.6 is 0 Å². The predicted octanol–water partition coefficient (Wildman–Crippen LogP) is 2.90. The Morgan fingerprint density at radius 3 is 2.75 bits per heavy atom. The molecule has 2 heterocycles. The van der Waals surface area contributed by atoms with Crippen LogP contribution in [0.5, 0.6) is 0 Å². The second-order valence-corrected chi connectivity index (χ2v) is 5.38. The van der Waals surface area contributed by atoms with Crippen molar-refractivity contribution in [3.63, 3.8) is 0 Å². The number of halogens is 1. The zero-order valence-corrected chi connectivity index (χ0v) is 12.9. The van der Waals surface area contributed by atoms with Gasteiger partial charge in [0.05, 0.1) is 5.52 Å². The molecule has 1 aliphatic heterocycles. The number of ether oxygens (including phenoxy) is 2.